The third-order valence-corrected chi connectivity index (χ3v) is 4.66. The summed E-state index contributed by atoms with van der Waals surface area (Å²) in [4.78, 5) is 16.5. The lowest BCUT2D eigenvalue weighted by molar-refractivity contribution is -0.137. The van der Waals surface area contributed by atoms with E-state index in [1.165, 1.54) is 12.1 Å². The number of hydrogen-bond acceptors (Lipinski definition) is 4. The molecule has 9 heteroatoms. The first-order chi connectivity index (χ1) is 14.7. The summed E-state index contributed by atoms with van der Waals surface area (Å²) >= 11 is 0. The fraction of sp³-hybridized carbons (Fsp3) is 0.182. The molecular formula is C22H21F3N4O2. The summed E-state index contributed by atoms with van der Waals surface area (Å²) in [7, 11) is 1.56. The Bertz CT molecular complexity index is 1110. The van der Waals surface area contributed by atoms with Gasteiger partial charge in [0.25, 0.3) is 5.91 Å². The zero-order chi connectivity index (χ0) is 22.6. The summed E-state index contributed by atoms with van der Waals surface area (Å²) in [6, 6.07) is 14.4. The quantitative estimate of drug-likeness (QED) is 0.244. The molecule has 3 rings (SSSR count). The number of amides is 1. The molecule has 31 heavy (non-hydrogen) atoms. The maximum atomic E-state index is 12.7. The van der Waals surface area contributed by atoms with E-state index in [1.54, 1.807) is 44.3 Å². The Morgan fingerprint density at radius 2 is 1.81 bits per heavy atom. The molecule has 0 heterocycles. The Balaban J connectivity index is 1.82. The van der Waals surface area contributed by atoms with Crippen LogP contribution in [0.4, 0.5) is 13.2 Å². The largest absolute Gasteiger partial charge is 0.457 e. The Kier molecular flexibility index (Phi) is 6.45. The number of aliphatic imine (C=N–C) groups is 1. The number of carbonyl (C=O) groups excluding carboxylic acids is 1. The lowest BCUT2D eigenvalue weighted by Gasteiger charge is -2.16. The molecule has 0 spiro atoms. The van der Waals surface area contributed by atoms with Crippen molar-refractivity contribution in [3.8, 4) is 11.5 Å². The molecule has 1 atom stereocenters. The topological polar surface area (TPSA) is 88.7 Å². The van der Waals surface area contributed by atoms with E-state index >= 15 is 0 Å². The molecule has 1 amide bonds. The van der Waals surface area contributed by atoms with Crippen LogP contribution in [0.15, 0.2) is 65.7 Å². The van der Waals surface area contributed by atoms with E-state index in [0.717, 1.165) is 17.5 Å². The van der Waals surface area contributed by atoms with Crippen LogP contribution < -0.4 is 21.3 Å². The zero-order valence-corrected chi connectivity index (χ0v) is 16.8. The van der Waals surface area contributed by atoms with Crippen molar-refractivity contribution in [3.63, 3.8) is 0 Å². The summed E-state index contributed by atoms with van der Waals surface area (Å²) in [6.45, 7) is 1.75. The Labute approximate surface area is 176 Å². The van der Waals surface area contributed by atoms with Gasteiger partial charge in [-0.15, -0.1) is 0 Å². The maximum absolute atomic E-state index is 12.7. The summed E-state index contributed by atoms with van der Waals surface area (Å²) in [5, 5.41) is 4.26. The Morgan fingerprint density at radius 1 is 1.10 bits per heavy atom. The van der Waals surface area contributed by atoms with E-state index in [1.807, 2.05) is 6.07 Å². The van der Waals surface area contributed by atoms with Crippen molar-refractivity contribution in [2.24, 2.45) is 10.8 Å². The van der Waals surface area contributed by atoms with Crippen molar-refractivity contribution in [2.75, 3.05) is 7.05 Å². The first-order valence-corrected chi connectivity index (χ1v) is 9.35. The number of rotatable bonds is 5. The van der Waals surface area contributed by atoms with Gasteiger partial charge in [-0.2, -0.15) is 13.2 Å². The van der Waals surface area contributed by atoms with Gasteiger partial charge in [-0.05, 0) is 60.8 Å². The normalized spacial score (nSPS) is 13.0. The van der Waals surface area contributed by atoms with Crippen LogP contribution in [0.5, 0.6) is 11.5 Å². The van der Waals surface area contributed by atoms with Crippen molar-refractivity contribution in [2.45, 2.75) is 19.1 Å². The van der Waals surface area contributed by atoms with Crippen molar-refractivity contribution >= 4 is 22.5 Å². The van der Waals surface area contributed by atoms with Gasteiger partial charge in [0.1, 0.15) is 17.3 Å². The molecule has 0 saturated carbocycles. The molecule has 6 nitrogen and oxygen atoms in total. The van der Waals surface area contributed by atoms with Crippen LogP contribution in [0.1, 0.15) is 22.8 Å². The smallest absolute Gasteiger partial charge is 0.416 e. The maximum Gasteiger partial charge on any atom is 0.416 e. The molecule has 1 unspecified atom stereocenters. The highest BCUT2D eigenvalue weighted by molar-refractivity contribution is 6.02. The van der Waals surface area contributed by atoms with Crippen LogP contribution in [-0.4, -0.2) is 24.8 Å². The fourth-order valence-electron chi connectivity index (χ4n) is 3.05. The van der Waals surface area contributed by atoms with E-state index in [-0.39, 0.29) is 11.7 Å². The molecule has 0 aliphatic rings. The number of alkyl halides is 3. The predicted octanol–water partition coefficient (Wildman–Crippen LogP) is 4.26. The van der Waals surface area contributed by atoms with Gasteiger partial charge < -0.3 is 15.5 Å². The van der Waals surface area contributed by atoms with Crippen molar-refractivity contribution < 1.29 is 22.7 Å². The van der Waals surface area contributed by atoms with Gasteiger partial charge in [0, 0.05) is 18.0 Å². The lowest BCUT2D eigenvalue weighted by Crippen LogP contribution is -2.47. The molecule has 4 N–H and O–H groups in total. The molecule has 0 fully saturated rings. The van der Waals surface area contributed by atoms with E-state index < -0.39 is 17.8 Å². The third-order valence-electron chi connectivity index (χ3n) is 4.66. The molecule has 0 radical (unpaired) electrons. The highest BCUT2D eigenvalue weighted by atomic mass is 19.4. The van der Waals surface area contributed by atoms with Gasteiger partial charge in [-0.3, -0.25) is 9.79 Å². The molecule has 0 aliphatic heterocycles. The van der Waals surface area contributed by atoms with Gasteiger partial charge in [0.2, 0.25) is 0 Å². The second kappa shape index (κ2) is 9.05. The number of hydrazine groups is 1. The molecule has 162 valence electrons. The fourth-order valence-corrected chi connectivity index (χ4v) is 3.05. The standard InChI is InChI=1S/C22H21F3N4O2/c1-13(20(27-2)29-26)28-21(30)15-6-11-18-14(12-15)4-3-5-19(18)31-17-9-7-16(8-10-17)22(23,24)25/h3-13H,26H2,1-2H3,(H,27,29)(H,28,30). The first-order valence-electron chi connectivity index (χ1n) is 9.35. The highest BCUT2D eigenvalue weighted by Crippen LogP contribution is 2.33. The van der Waals surface area contributed by atoms with Crippen molar-refractivity contribution in [1.82, 2.24) is 10.7 Å². The number of carbonyl (C=O) groups is 1. The van der Waals surface area contributed by atoms with Crippen LogP contribution in [0.3, 0.4) is 0 Å². The van der Waals surface area contributed by atoms with E-state index in [4.69, 9.17) is 10.6 Å². The number of amidine groups is 1. The van der Waals surface area contributed by atoms with Crippen LogP contribution in [0, 0.1) is 0 Å². The van der Waals surface area contributed by atoms with Gasteiger partial charge in [0.05, 0.1) is 11.6 Å². The van der Waals surface area contributed by atoms with Crippen LogP contribution in [-0.2, 0) is 6.18 Å². The summed E-state index contributed by atoms with van der Waals surface area (Å²) < 4.78 is 44.0. The number of hydrogen-bond donors (Lipinski definition) is 3. The van der Waals surface area contributed by atoms with Crippen molar-refractivity contribution in [3.05, 3.63) is 71.8 Å². The summed E-state index contributed by atoms with van der Waals surface area (Å²) in [5.41, 5.74) is 2.12. The monoisotopic (exact) mass is 430 g/mol. The molecule has 0 aliphatic carbocycles. The second-order valence-corrected chi connectivity index (χ2v) is 6.76. The number of nitrogens with zero attached hydrogens (tertiary/aromatic N) is 1. The number of fused-ring (bicyclic) bond motifs is 1. The van der Waals surface area contributed by atoms with E-state index in [2.05, 4.69) is 15.7 Å². The van der Waals surface area contributed by atoms with Crippen LogP contribution >= 0.6 is 0 Å². The van der Waals surface area contributed by atoms with Gasteiger partial charge in [-0.1, -0.05) is 12.1 Å². The number of ether oxygens (including phenoxy) is 1. The predicted molar refractivity (Wildman–Crippen MR) is 113 cm³/mol. The molecule has 3 aromatic carbocycles. The van der Waals surface area contributed by atoms with Crippen LogP contribution in [0.2, 0.25) is 0 Å². The second-order valence-electron chi connectivity index (χ2n) is 6.76. The molecule has 0 aromatic heterocycles. The lowest BCUT2D eigenvalue weighted by atomic mass is 10.1. The minimum absolute atomic E-state index is 0.275. The average Bonchev–Trinajstić information content (AvgIpc) is 2.74. The van der Waals surface area contributed by atoms with Crippen molar-refractivity contribution in [1.29, 1.82) is 0 Å². The van der Waals surface area contributed by atoms with Crippen LogP contribution in [0.25, 0.3) is 10.8 Å². The number of benzene rings is 3. The summed E-state index contributed by atoms with van der Waals surface area (Å²) in [5.74, 6) is 6.24. The minimum atomic E-state index is -4.41. The minimum Gasteiger partial charge on any atom is -0.457 e. The first kappa shape index (κ1) is 22.1. The van der Waals surface area contributed by atoms with E-state index in [9.17, 15) is 18.0 Å². The number of nitrogens with two attached hydrogens (primary N) is 1. The summed E-state index contributed by atoms with van der Waals surface area (Å²) in [6.07, 6.45) is -4.41. The SMILES string of the molecule is CN=C(NN)C(C)NC(=O)c1ccc2c(Oc3ccc(C(F)(F)F)cc3)cccc2c1. The van der Waals surface area contributed by atoms with Gasteiger partial charge >= 0.3 is 6.18 Å². The zero-order valence-electron chi connectivity index (χ0n) is 16.8. The Hall–Kier alpha value is -3.59. The highest BCUT2D eigenvalue weighted by Gasteiger charge is 2.30. The number of halogens is 3. The number of nitrogens with one attached hydrogen (secondary N) is 2. The Morgan fingerprint density at radius 3 is 2.42 bits per heavy atom. The van der Waals surface area contributed by atoms with E-state index in [0.29, 0.717) is 22.5 Å². The third kappa shape index (κ3) is 5.13. The van der Waals surface area contributed by atoms with Gasteiger partial charge in [-0.25, -0.2) is 5.84 Å². The van der Waals surface area contributed by atoms with Gasteiger partial charge in [0.15, 0.2) is 0 Å². The molecular weight excluding hydrogens is 409 g/mol. The molecule has 3 aromatic rings. The molecule has 0 bridgehead atoms. The molecule has 0 saturated heterocycles. The average molecular weight is 430 g/mol.